The molecule has 1 aliphatic rings. The molecule has 0 radical (unpaired) electrons. The van der Waals surface area contributed by atoms with Crippen LogP contribution in [0.4, 0.5) is 28.8 Å². The van der Waals surface area contributed by atoms with Gasteiger partial charge in [0.1, 0.15) is 0 Å². The molecular formula is C20H24ClF3N4O2S. The van der Waals surface area contributed by atoms with Crippen molar-refractivity contribution in [1.82, 2.24) is 4.98 Å². The smallest absolute Gasteiger partial charge is 0.416 e. The Morgan fingerprint density at radius 3 is 2.58 bits per heavy atom. The summed E-state index contributed by atoms with van der Waals surface area (Å²) in [7, 11) is 0. The number of hydrogen-bond donors (Lipinski definition) is 3. The number of aromatic nitrogens is 1. The fourth-order valence-corrected chi connectivity index (χ4v) is 4.77. The first-order valence-electron chi connectivity index (χ1n) is 10.0. The Morgan fingerprint density at radius 2 is 1.97 bits per heavy atom. The third-order valence-electron chi connectivity index (χ3n) is 5.25. The molecule has 0 atom stereocenters. The van der Waals surface area contributed by atoms with E-state index in [1.165, 1.54) is 24.2 Å². The van der Waals surface area contributed by atoms with Gasteiger partial charge in [-0.05, 0) is 31.0 Å². The van der Waals surface area contributed by atoms with Crippen LogP contribution in [0.3, 0.4) is 0 Å². The average molecular weight is 477 g/mol. The van der Waals surface area contributed by atoms with Gasteiger partial charge >= 0.3 is 12.2 Å². The highest BCUT2D eigenvalue weighted by Gasteiger charge is 2.32. The van der Waals surface area contributed by atoms with Crippen molar-refractivity contribution in [2.24, 2.45) is 5.73 Å². The lowest BCUT2D eigenvalue weighted by Crippen LogP contribution is -2.37. The first-order valence-corrected chi connectivity index (χ1v) is 11.2. The lowest BCUT2D eigenvalue weighted by atomic mass is 10.1. The zero-order valence-electron chi connectivity index (χ0n) is 16.7. The Morgan fingerprint density at radius 1 is 1.29 bits per heavy atom. The lowest BCUT2D eigenvalue weighted by molar-refractivity contribution is -0.137. The van der Waals surface area contributed by atoms with Crippen molar-refractivity contribution in [2.75, 3.05) is 16.8 Å². The monoisotopic (exact) mass is 476 g/mol. The third kappa shape index (κ3) is 6.16. The summed E-state index contributed by atoms with van der Waals surface area (Å²) in [6.45, 7) is -0.0605. The first kappa shape index (κ1) is 23.5. The molecule has 1 saturated carbocycles. The SMILES string of the molecule is NC(=O)N(CCc1sc(NC2CCCCCC2)nc1O)c1cc(C(F)(F)F)ccc1Cl. The number of amides is 2. The van der Waals surface area contributed by atoms with Crippen LogP contribution in [0.15, 0.2) is 18.2 Å². The Labute approximate surface area is 187 Å². The average Bonchev–Trinajstić information content (AvgIpc) is 2.87. The van der Waals surface area contributed by atoms with Gasteiger partial charge in [0, 0.05) is 19.0 Å². The summed E-state index contributed by atoms with van der Waals surface area (Å²) in [5.74, 6) is -0.166. The van der Waals surface area contributed by atoms with Gasteiger partial charge in [0.2, 0.25) is 5.88 Å². The molecule has 2 amide bonds. The number of nitrogens with two attached hydrogens (primary N) is 1. The highest BCUT2D eigenvalue weighted by atomic mass is 35.5. The second kappa shape index (κ2) is 9.95. The zero-order valence-corrected chi connectivity index (χ0v) is 18.3. The molecule has 0 aliphatic heterocycles. The molecule has 0 saturated heterocycles. The fourth-order valence-electron chi connectivity index (χ4n) is 3.63. The molecule has 0 unspecified atom stereocenters. The minimum atomic E-state index is -4.59. The number of halogens is 4. The van der Waals surface area contributed by atoms with Crippen molar-refractivity contribution < 1.29 is 23.1 Å². The number of hydrogen-bond acceptors (Lipinski definition) is 5. The van der Waals surface area contributed by atoms with Crippen LogP contribution in [-0.2, 0) is 12.6 Å². The Bertz CT molecular complexity index is 914. The number of aromatic hydroxyl groups is 1. The van der Waals surface area contributed by atoms with E-state index in [2.05, 4.69) is 10.3 Å². The second-order valence-electron chi connectivity index (χ2n) is 7.50. The maximum absolute atomic E-state index is 13.1. The second-order valence-corrected chi connectivity index (χ2v) is 8.99. The molecule has 6 nitrogen and oxygen atoms in total. The number of thiazole rings is 1. The van der Waals surface area contributed by atoms with E-state index in [1.54, 1.807) is 0 Å². The number of nitrogens with zero attached hydrogens (tertiary/aromatic N) is 2. The number of alkyl halides is 3. The van der Waals surface area contributed by atoms with E-state index in [1.807, 2.05) is 0 Å². The van der Waals surface area contributed by atoms with Crippen LogP contribution in [0.1, 0.15) is 49.0 Å². The summed E-state index contributed by atoms with van der Waals surface area (Å²) in [5, 5.41) is 14.1. The van der Waals surface area contributed by atoms with E-state index in [0.717, 1.165) is 48.8 Å². The molecule has 11 heteroatoms. The molecule has 1 aromatic carbocycles. The predicted molar refractivity (Wildman–Crippen MR) is 116 cm³/mol. The van der Waals surface area contributed by atoms with E-state index in [9.17, 15) is 23.1 Å². The van der Waals surface area contributed by atoms with Crippen LogP contribution in [0, 0.1) is 0 Å². The number of carbonyl (C=O) groups is 1. The molecule has 1 aromatic heterocycles. The summed E-state index contributed by atoms with van der Waals surface area (Å²) < 4.78 is 39.2. The van der Waals surface area contributed by atoms with Gasteiger partial charge in [-0.15, -0.1) is 0 Å². The number of rotatable bonds is 6. The van der Waals surface area contributed by atoms with Gasteiger partial charge < -0.3 is 16.2 Å². The van der Waals surface area contributed by atoms with E-state index >= 15 is 0 Å². The summed E-state index contributed by atoms with van der Waals surface area (Å²) in [6, 6.07) is 2.06. The molecule has 170 valence electrons. The van der Waals surface area contributed by atoms with Gasteiger partial charge in [0.05, 0.1) is 21.2 Å². The van der Waals surface area contributed by atoms with Crippen molar-refractivity contribution in [1.29, 1.82) is 0 Å². The maximum atomic E-state index is 13.1. The fraction of sp³-hybridized carbons (Fsp3) is 0.500. The topological polar surface area (TPSA) is 91.5 Å². The third-order valence-corrected chi connectivity index (χ3v) is 6.61. The van der Waals surface area contributed by atoms with Crippen LogP contribution in [0.2, 0.25) is 5.02 Å². The number of carbonyl (C=O) groups excluding carboxylic acids is 1. The zero-order chi connectivity index (χ0) is 22.6. The molecule has 4 N–H and O–H groups in total. The Hall–Kier alpha value is -2.20. The molecule has 31 heavy (non-hydrogen) atoms. The van der Waals surface area contributed by atoms with Crippen molar-refractivity contribution >= 4 is 39.8 Å². The molecule has 2 aromatic rings. The van der Waals surface area contributed by atoms with Gasteiger partial charge in [-0.2, -0.15) is 18.2 Å². The summed E-state index contributed by atoms with van der Waals surface area (Å²) in [5.41, 5.74) is 4.33. The van der Waals surface area contributed by atoms with Crippen molar-refractivity contribution in [3.8, 4) is 5.88 Å². The number of nitrogens with one attached hydrogen (secondary N) is 1. The minimum absolute atomic E-state index is 0.0314. The normalized spacial score (nSPS) is 15.5. The van der Waals surface area contributed by atoms with Gasteiger partial charge in [-0.3, -0.25) is 4.90 Å². The number of anilines is 2. The number of primary amides is 1. The summed E-state index contributed by atoms with van der Waals surface area (Å²) in [6.07, 6.45) is 2.38. The number of benzene rings is 1. The van der Waals surface area contributed by atoms with Crippen molar-refractivity contribution in [2.45, 2.75) is 57.2 Å². The van der Waals surface area contributed by atoms with Crippen LogP contribution in [0.5, 0.6) is 5.88 Å². The first-order chi connectivity index (χ1) is 14.6. The van der Waals surface area contributed by atoms with E-state index in [4.69, 9.17) is 17.3 Å². The van der Waals surface area contributed by atoms with Gasteiger partial charge in [0.15, 0.2) is 5.13 Å². The summed E-state index contributed by atoms with van der Waals surface area (Å²) >= 11 is 7.29. The standard InChI is InChI=1S/C20H24ClF3N4O2S/c21-14-8-7-12(20(22,23)24)11-15(14)28(18(25)30)10-9-16-17(29)27-19(31-16)26-13-5-3-1-2-4-6-13/h7-8,11,13,29H,1-6,9-10H2,(H2,25,30)(H,26,27). The van der Waals surface area contributed by atoms with Gasteiger partial charge in [0.25, 0.3) is 0 Å². The molecule has 0 bridgehead atoms. The molecule has 1 aliphatic carbocycles. The van der Waals surface area contributed by atoms with E-state index < -0.39 is 17.8 Å². The molecule has 0 spiro atoms. The lowest BCUT2D eigenvalue weighted by Gasteiger charge is -2.22. The molecule has 1 heterocycles. The van der Waals surface area contributed by atoms with Crippen molar-refractivity contribution in [3.05, 3.63) is 33.7 Å². The van der Waals surface area contributed by atoms with Crippen LogP contribution < -0.4 is 16.0 Å². The molecule has 3 rings (SSSR count). The Balaban J connectivity index is 1.72. The quantitative estimate of drug-likeness (QED) is 0.460. The maximum Gasteiger partial charge on any atom is 0.416 e. The van der Waals surface area contributed by atoms with Gasteiger partial charge in [-0.25, -0.2) is 4.79 Å². The van der Waals surface area contributed by atoms with E-state index in [-0.39, 0.29) is 29.6 Å². The summed E-state index contributed by atoms with van der Waals surface area (Å²) in [4.78, 5) is 17.6. The Kier molecular flexibility index (Phi) is 7.53. The van der Waals surface area contributed by atoms with Gasteiger partial charge in [-0.1, -0.05) is 48.6 Å². The van der Waals surface area contributed by atoms with Crippen LogP contribution in [-0.4, -0.2) is 28.7 Å². The van der Waals surface area contributed by atoms with Crippen LogP contribution in [0.25, 0.3) is 0 Å². The number of urea groups is 1. The highest BCUT2D eigenvalue weighted by molar-refractivity contribution is 7.15. The minimum Gasteiger partial charge on any atom is -0.492 e. The molecule has 1 fully saturated rings. The van der Waals surface area contributed by atoms with Crippen LogP contribution >= 0.6 is 22.9 Å². The molecular weight excluding hydrogens is 453 g/mol. The van der Waals surface area contributed by atoms with E-state index in [0.29, 0.717) is 16.1 Å². The van der Waals surface area contributed by atoms with Crippen molar-refractivity contribution in [3.63, 3.8) is 0 Å². The largest absolute Gasteiger partial charge is 0.492 e. The highest BCUT2D eigenvalue weighted by Crippen LogP contribution is 2.36. The predicted octanol–water partition coefficient (Wildman–Crippen LogP) is 5.78.